The van der Waals surface area contributed by atoms with Crippen LogP contribution < -0.4 is 9.64 Å². The molecule has 0 saturated heterocycles. The summed E-state index contributed by atoms with van der Waals surface area (Å²) in [5.41, 5.74) is 7.04. The zero-order chi connectivity index (χ0) is 24.3. The summed E-state index contributed by atoms with van der Waals surface area (Å²) >= 11 is 6.46. The average molecular weight is 474 g/mol. The Morgan fingerprint density at radius 3 is 2.38 bits per heavy atom. The van der Waals surface area contributed by atoms with Crippen molar-refractivity contribution in [2.24, 2.45) is 0 Å². The van der Waals surface area contributed by atoms with Crippen LogP contribution in [0.4, 0.5) is 11.4 Å². The second-order valence-corrected chi connectivity index (χ2v) is 9.47. The molecular weight excluding hydrogens is 440 g/mol. The molecule has 1 heterocycles. The molecular formula is C30H34ClN2O+. The first-order chi connectivity index (χ1) is 16.4. The Morgan fingerprint density at radius 1 is 0.971 bits per heavy atom. The molecule has 0 fully saturated rings. The van der Waals surface area contributed by atoms with Gasteiger partial charge in [0, 0.05) is 53.1 Å². The summed E-state index contributed by atoms with van der Waals surface area (Å²) in [5.74, 6) is 0.882. The Bertz CT molecular complexity index is 1230. The van der Waals surface area contributed by atoms with Gasteiger partial charge in [-0.15, -0.1) is 0 Å². The Balaban J connectivity index is 1.76. The van der Waals surface area contributed by atoms with Gasteiger partial charge in [0.05, 0.1) is 12.5 Å². The quantitative estimate of drug-likeness (QED) is 0.323. The highest BCUT2D eigenvalue weighted by molar-refractivity contribution is 6.30. The summed E-state index contributed by atoms with van der Waals surface area (Å²) in [6.45, 7) is 8.60. The average Bonchev–Trinajstić information content (AvgIpc) is 3.05. The molecule has 0 spiro atoms. The van der Waals surface area contributed by atoms with Crippen LogP contribution in [0.2, 0.25) is 5.02 Å². The SMILES string of the molecule is CCN(CC)c1ccc(/C=C/C2=[N+](C)c3ccc(Cl)cc3C2(C)Cc2ccccc2)c(OC)c1. The fraction of sp³-hybridized carbons (Fsp3) is 0.300. The molecule has 1 unspecified atom stereocenters. The van der Waals surface area contributed by atoms with Gasteiger partial charge in [-0.2, -0.15) is 4.58 Å². The molecule has 176 valence electrons. The van der Waals surface area contributed by atoms with Crippen molar-refractivity contribution in [3.8, 4) is 5.75 Å². The van der Waals surface area contributed by atoms with Crippen molar-refractivity contribution in [2.45, 2.75) is 32.6 Å². The first-order valence-corrected chi connectivity index (χ1v) is 12.3. The zero-order valence-electron chi connectivity index (χ0n) is 20.8. The second kappa shape index (κ2) is 10.1. The van der Waals surface area contributed by atoms with Crippen LogP contribution in [0, 0.1) is 0 Å². The van der Waals surface area contributed by atoms with Crippen molar-refractivity contribution >= 4 is 34.8 Å². The molecule has 34 heavy (non-hydrogen) atoms. The molecule has 1 aliphatic heterocycles. The molecule has 4 rings (SSSR count). The number of rotatable bonds is 8. The number of hydrogen-bond acceptors (Lipinski definition) is 2. The predicted molar refractivity (Wildman–Crippen MR) is 145 cm³/mol. The molecule has 0 aliphatic carbocycles. The highest BCUT2D eigenvalue weighted by atomic mass is 35.5. The maximum absolute atomic E-state index is 6.46. The van der Waals surface area contributed by atoms with Crippen LogP contribution in [-0.2, 0) is 11.8 Å². The molecule has 3 aromatic carbocycles. The number of anilines is 1. The fourth-order valence-corrected chi connectivity index (χ4v) is 5.33. The summed E-state index contributed by atoms with van der Waals surface area (Å²) in [7, 11) is 3.88. The van der Waals surface area contributed by atoms with E-state index >= 15 is 0 Å². The molecule has 0 bridgehead atoms. The summed E-state index contributed by atoms with van der Waals surface area (Å²) in [6, 6.07) is 23.4. The number of hydrogen-bond donors (Lipinski definition) is 0. The van der Waals surface area contributed by atoms with Gasteiger partial charge in [0.15, 0.2) is 5.71 Å². The van der Waals surface area contributed by atoms with E-state index in [1.54, 1.807) is 7.11 Å². The smallest absolute Gasteiger partial charge is 0.209 e. The maximum atomic E-state index is 6.46. The number of fused-ring (bicyclic) bond motifs is 1. The fourth-order valence-electron chi connectivity index (χ4n) is 5.16. The summed E-state index contributed by atoms with van der Waals surface area (Å²) in [5, 5.41) is 0.769. The summed E-state index contributed by atoms with van der Waals surface area (Å²) < 4.78 is 8.07. The largest absolute Gasteiger partial charge is 0.496 e. The van der Waals surface area contributed by atoms with Crippen molar-refractivity contribution in [2.75, 3.05) is 32.1 Å². The van der Waals surface area contributed by atoms with E-state index in [0.717, 1.165) is 35.8 Å². The van der Waals surface area contributed by atoms with Crippen LogP contribution in [0.5, 0.6) is 5.75 Å². The third kappa shape index (κ3) is 4.50. The van der Waals surface area contributed by atoms with Gasteiger partial charge in [0.1, 0.15) is 12.8 Å². The zero-order valence-corrected chi connectivity index (χ0v) is 21.6. The number of halogens is 1. The lowest BCUT2D eigenvalue weighted by Crippen LogP contribution is -2.33. The lowest BCUT2D eigenvalue weighted by atomic mass is 9.74. The Labute approximate surface area is 209 Å². The van der Waals surface area contributed by atoms with Crippen LogP contribution in [0.3, 0.4) is 0 Å². The predicted octanol–water partition coefficient (Wildman–Crippen LogP) is 7.14. The molecule has 3 aromatic rings. The van der Waals surface area contributed by atoms with E-state index in [0.29, 0.717) is 0 Å². The molecule has 0 saturated carbocycles. The van der Waals surface area contributed by atoms with E-state index in [9.17, 15) is 0 Å². The van der Waals surface area contributed by atoms with Crippen molar-refractivity contribution in [3.05, 3.63) is 94.5 Å². The monoisotopic (exact) mass is 473 g/mol. The van der Waals surface area contributed by atoms with Gasteiger partial charge < -0.3 is 9.64 Å². The van der Waals surface area contributed by atoms with Gasteiger partial charge in [0.25, 0.3) is 0 Å². The van der Waals surface area contributed by atoms with E-state index in [1.165, 1.54) is 28.2 Å². The Kier molecular flexibility index (Phi) is 7.13. The molecule has 0 radical (unpaired) electrons. The molecule has 0 N–H and O–H groups in total. The molecule has 0 amide bonds. The van der Waals surface area contributed by atoms with Crippen LogP contribution in [0.1, 0.15) is 37.5 Å². The van der Waals surface area contributed by atoms with Crippen molar-refractivity contribution in [1.29, 1.82) is 0 Å². The lowest BCUT2D eigenvalue weighted by molar-refractivity contribution is -0.401. The van der Waals surface area contributed by atoms with E-state index in [4.69, 9.17) is 16.3 Å². The van der Waals surface area contributed by atoms with Crippen LogP contribution >= 0.6 is 11.6 Å². The number of benzene rings is 3. The lowest BCUT2D eigenvalue weighted by Gasteiger charge is -2.23. The maximum Gasteiger partial charge on any atom is 0.209 e. The van der Waals surface area contributed by atoms with Crippen molar-refractivity contribution < 1.29 is 9.31 Å². The van der Waals surface area contributed by atoms with Crippen molar-refractivity contribution in [3.63, 3.8) is 0 Å². The summed E-state index contributed by atoms with van der Waals surface area (Å²) in [4.78, 5) is 2.33. The standard InChI is InChI=1S/C30H34ClN2O/c1-6-33(7-2)25-16-13-23(28(20-25)34-5)14-18-29-30(3,21-22-11-9-8-10-12-22)26-19-24(31)15-17-27(26)32(29)4/h8-20H,6-7,21H2,1-5H3/q+1. The van der Waals surface area contributed by atoms with Gasteiger partial charge in [-0.25, -0.2) is 0 Å². The van der Waals surface area contributed by atoms with Crippen LogP contribution in [-0.4, -0.2) is 37.5 Å². The topological polar surface area (TPSA) is 15.5 Å². The van der Waals surface area contributed by atoms with E-state index in [-0.39, 0.29) is 5.41 Å². The van der Waals surface area contributed by atoms with Gasteiger partial charge in [-0.05, 0) is 63.1 Å². The molecule has 1 aliphatic rings. The normalized spacial score (nSPS) is 17.4. The third-order valence-electron chi connectivity index (χ3n) is 7.01. The highest BCUT2D eigenvalue weighted by Gasteiger charge is 2.46. The number of methoxy groups -OCH3 is 1. The second-order valence-electron chi connectivity index (χ2n) is 9.03. The molecule has 0 aromatic heterocycles. The first-order valence-electron chi connectivity index (χ1n) is 12.0. The van der Waals surface area contributed by atoms with E-state index in [2.05, 4.69) is 110 Å². The number of nitrogens with zero attached hydrogens (tertiary/aromatic N) is 2. The highest BCUT2D eigenvalue weighted by Crippen LogP contribution is 2.43. The van der Waals surface area contributed by atoms with Crippen molar-refractivity contribution in [1.82, 2.24) is 0 Å². The Morgan fingerprint density at radius 2 is 1.71 bits per heavy atom. The molecule has 3 nitrogen and oxygen atoms in total. The number of ether oxygens (including phenoxy) is 1. The van der Waals surface area contributed by atoms with Gasteiger partial charge in [0.2, 0.25) is 5.69 Å². The minimum absolute atomic E-state index is 0.207. The minimum atomic E-state index is -0.207. The summed E-state index contributed by atoms with van der Waals surface area (Å²) in [6.07, 6.45) is 5.31. The molecule has 4 heteroatoms. The van der Waals surface area contributed by atoms with E-state index in [1.807, 2.05) is 6.07 Å². The third-order valence-corrected chi connectivity index (χ3v) is 7.24. The van der Waals surface area contributed by atoms with Crippen LogP contribution in [0.25, 0.3) is 6.08 Å². The van der Waals surface area contributed by atoms with Crippen LogP contribution in [0.15, 0.2) is 72.8 Å². The van der Waals surface area contributed by atoms with Gasteiger partial charge in [-0.3, -0.25) is 0 Å². The number of allylic oxidation sites excluding steroid dienone is 1. The first kappa shape index (κ1) is 24.1. The minimum Gasteiger partial charge on any atom is -0.496 e. The van der Waals surface area contributed by atoms with Gasteiger partial charge in [-0.1, -0.05) is 41.9 Å². The molecule has 1 atom stereocenters. The Hall–Kier alpha value is -3.04. The van der Waals surface area contributed by atoms with Gasteiger partial charge >= 0.3 is 0 Å². The van der Waals surface area contributed by atoms with E-state index < -0.39 is 0 Å².